The lowest BCUT2D eigenvalue weighted by Gasteiger charge is -2.49. The molecule has 44 heavy (non-hydrogen) atoms. The van der Waals surface area contributed by atoms with Crippen LogP contribution in [0.2, 0.25) is 5.02 Å². The maximum absolute atomic E-state index is 14.4. The minimum atomic E-state index is -5.05. The van der Waals surface area contributed by atoms with Gasteiger partial charge < -0.3 is 9.84 Å². The lowest BCUT2D eigenvalue weighted by Crippen LogP contribution is -2.49. The van der Waals surface area contributed by atoms with Crippen molar-refractivity contribution in [3.05, 3.63) is 64.5 Å². The van der Waals surface area contributed by atoms with Gasteiger partial charge >= 0.3 is 6.36 Å². The molecule has 0 radical (unpaired) electrons. The molecule has 6 unspecified atom stereocenters. The van der Waals surface area contributed by atoms with Crippen molar-refractivity contribution in [1.29, 1.82) is 0 Å². The number of nitrogens with zero attached hydrogens (tertiary/aromatic N) is 2. The number of likely N-dealkylation sites (tertiary alicyclic amines) is 1. The molecular formula is C31H27ClF4N2O6. The molecule has 2 aliphatic heterocycles. The Balaban J connectivity index is 1.54. The van der Waals surface area contributed by atoms with Crippen molar-refractivity contribution in [1.82, 2.24) is 4.90 Å². The Bertz CT molecular complexity index is 1640. The molecule has 0 bridgehead atoms. The standard InChI is InChI=1S/C31H27ClF4N2O6/c1-3-10-37-26(40)17-7-6-16-18(24(17)28(37)42)13-20-27(41)38(14-4-8-22(33)21(32)11-14)29(43)30(20,2)25(16)19-12-15(5-9-23(19)39)44-31(34,35)36/h4-6,8-9,11-12,17-18,20,24-25,39H,3,7,10,13H2,1-2H3. The fraction of sp³-hybridized carbons (Fsp3) is 0.419. The molecule has 8 nitrogen and oxygen atoms in total. The molecule has 2 aromatic rings. The van der Waals surface area contributed by atoms with E-state index in [0.29, 0.717) is 12.0 Å². The zero-order valence-electron chi connectivity index (χ0n) is 23.5. The molecule has 0 aromatic heterocycles. The Hall–Kier alpha value is -3.93. The second-order valence-electron chi connectivity index (χ2n) is 11.9. The van der Waals surface area contributed by atoms with Gasteiger partial charge in [0.05, 0.1) is 33.9 Å². The van der Waals surface area contributed by atoms with Gasteiger partial charge in [-0.2, -0.15) is 0 Å². The fourth-order valence-corrected chi connectivity index (χ4v) is 7.87. The molecule has 1 saturated carbocycles. The van der Waals surface area contributed by atoms with Crippen molar-refractivity contribution in [2.75, 3.05) is 11.4 Å². The quantitative estimate of drug-likeness (QED) is 0.256. The number of imide groups is 2. The number of alkyl halides is 3. The highest BCUT2D eigenvalue weighted by molar-refractivity contribution is 6.31. The number of benzene rings is 2. The van der Waals surface area contributed by atoms with E-state index in [1.165, 1.54) is 17.9 Å². The number of amides is 4. The number of phenols is 1. The molecule has 0 spiro atoms. The van der Waals surface area contributed by atoms with E-state index in [9.17, 15) is 41.8 Å². The van der Waals surface area contributed by atoms with Gasteiger partial charge in [0.1, 0.15) is 17.3 Å². The first-order valence-corrected chi connectivity index (χ1v) is 14.5. The highest BCUT2D eigenvalue weighted by atomic mass is 35.5. The van der Waals surface area contributed by atoms with Crippen LogP contribution in [-0.4, -0.2) is 46.5 Å². The van der Waals surface area contributed by atoms with Crippen molar-refractivity contribution >= 4 is 40.9 Å². The number of hydrogen-bond acceptors (Lipinski definition) is 6. The van der Waals surface area contributed by atoms with Crippen LogP contribution in [-0.2, 0) is 19.2 Å². The Labute approximate surface area is 254 Å². The van der Waals surface area contributed by atoms with E-state index >= 15 is 0 Å². The van der Waals surface area contributed by atoms with Crippen molar-refractivity contribution in [3.63, 3.8) is 0 Å². The molecule has 4 aliphatic rings. The van der Waals surface area contributed by atoms with Gasteiger partial charge in [0.25, 0.3) is 0 Å². The number of allylic oxidation sites excluding steroid dienone is 2. The van der Waals surface area contributed by atoms with E-state index < -0.39 is 76.4 Å². The van der Waals surface area contributed by atoms with E-state index in [-0.39, 0.29) is 41.6 Å². The topological polar surface area (TPSA) is 104 Å². The summed E-state index contributed by atoms with van der Waals surface area (Å²) in [6.45, 7) is 3.54. The number of carbonyl (C=O) groups excluding carboxylic acids is 4. The third-order valence-corrected chi connectivity index (χ3v) is 9.81. The number of carbonyl (C=O) groups is 4. The van der Waals surface area contributed by atoms with E-state index in [1.807, 2.05) is 6.92 Å². The molecular weight excluding hydrogens is 608 g/mol. The highest BCUT2D eigenvalue weighted by Gasteiger charge is 2.68. The third kappa shape index (κ3) is 4.40. The summed E-state index contributed by atoms with van der Waals surface area (Å²) in [5, 5.41) is 10.7. The number of fused-ring (bicyclic) bond motifs is 4. The molecule has 6 rings (SSSR count). The number of halogens is 5. The molecule has 2 saturated heterocycles. The Morgan fingerprint density at radius 1 is 1.05 bits per heavy atom. The Kier molecular flexibility index (Phi) is 7.06. The minimum absolute atomic E-state index is 0.00442. The van der Waals surface area contributed by atoms with E-state index in [0.717, 1.165) is 35.2 Å². The molecule has 2 heterocycles. The smallest absolute Gasteiger partial charge is 0.508 e. The van der Waals surface area contributed by atoms with Crippen LogP contribution < -0.4 is 9.64 Å². The SMILES string of the molecule is CCCN1C(=O)C2CC=C3C(CC4C(=O)N(c5ccc(F)c(Cl)c5)C(=O)C4(C)C3c3cc(OC(F)(F)F)ccc3O)C2C1=O. The number of phenolic OH excluding ortho intramolecular Hbond substituents is 1. The summed E-state index contributed by atoms with van der Waals surface area (Å²) >= 11 is 5.97. The highest BCUT2D eigenvalue weighted by Crippen LogP contribution is 2.64. The van der Waals surface area contributed by atoms with Gasteiger partial charge in [0.15, 0.2) is 0 Å². The summed E-state index contributed by atoms with van der Waals surface area (Å²) in [4.78, 5) is 57.4. The van der Waals surface area contributed by atoms with Crippen molar-refractivity contribution in [3.8, 4) is 11.5 Å². The van der Waals surface area contributed by atoms with Gasteiger partial charge in [-0.05, 0) is 68.5 Å². The van der Waals surface area contributed by atoms with Gasteiger partial charge in [-0.1, -0.05) is 30.2 Å². The fourth-order valence-electron chi connectivity index (χ4n) is 7.70. The molecule has 13 heteroatoms. The number of aromatic hydroxyl groups is 1. The molecule has 4 amide bonds. The zero-order chi connectivity index (χ0) is 31.9. The van der Waals surface area contributed by atoms with Crippen molar-refractivity contribution < 1.29 is 46.6 Å². The maximum atomic E-state index is 14.4. The van der Waals surface area contributed by atoms with E-state index in [4.69, 9.17) is 11.6 Å². The lowest BCUT2D eigenvalue weighted by molar-refractivity contribution is -0.274. The Morgan fingerprint density at radius 2 is 1.77 bits per heavy atom. The van der Waals surface area contributed by atoms with Gasteiger partial charge in [-0.15, -0.1) is 13.2 Å². The molecule has 2 aliphatic carbocycles. The van der Waals surface area contributed by atoms with Crippen LogP contribution in [0, 0.1) is 34.9 Å². The largest absolute Gasteiger partial charge is 0.573 e. The van der Waals surface area contributed by atoms with Crippen LogP contribution in [0.1, 0.15) is 44.6 Å². The van der Waals surface area contributed by atoms with Crippen LogP contribution >= 0.6 is 11.6 Å². The predicted molar refractivity (Wildman–Crippen MR) is 148 cm³/mol. The van der Waals surface area contributed by atoms with Crippen LogP contribution in [0.5, 0.6) is 11.5 Å². The summed E-state index contributed by atoms with van der Waals surface area (Å²) in [5.74, 6) is -8.57. The second-order valence-corrected chi connectivity index (χ2v) is 12.3. The molecule has 1 N–H and O–H groups in total. The zero-order valence-corrected chi connectivity index (χ0v) is 24.3. The summed E-state index contributed by atoms with van der Waals surface area (Å²) in [6, 6.07) is 6.26. The first-order chi connectivity index (χ1) is 20.7. The van der Waals surface area contributed by atoms with E-state index in [2.05, 4.69) is 4.74 Å². The molecule has 3 fully saturated rings. The first-order valence-electron chi connectivity index (χ1n) is 14.2. The maximum Gasteiger partial charge on any atom is 0.573 e. The molecule has 232 valence electrons. The first kappa shape index (κ1) is 30.1. The minimum Gasteiger partial charge on any atom is -0.508 e. The van der Waals surface area contributed by atoms with Crippen LogP contribution in [0.3, 0.4) is 0 Å². The number of ether oxygens (including phenoxy) is 1. The van der Waals surface area contributed by atoms with Gasteiger partial charge in [-0.3, -0.25) is 24.1 Å². The lowest BCUT2D eigenvalue weighted by atomic mass is 9.51. The van der Waals surface area contributed by atoms with Crippen molar-refractivity contribution in [2.45, 2.75) is 45.4 Å². The van der Waals surface area contributed by atoms with Gasteiger partial charge in [0.2, 0.25) is 23.6 Å². The summed E-state index contributed by atoms with van der Waals surface area (Å²) in [6.07, 6.45) is -2.67. The Morgan fingerprint density at radius 3 is 2.43 bits per heavy atom. The summed E-state index contributed by atoms with van der Waals surface area (Å²) < 4.78 is 57.7. The van der Waals surface area contributed by atoms with Crippen LogP contribution in [0.4, 0.5) is 23.2 Å². The van der Waals surface area contributed by atoms with E-state index in [1.54, 1.807) is 6.08 Å². The van der Waals surface area contributed by atoms with Crippen molar-refractivity contribution in [2.24, 2.45) is 29.1 Å². The summed E-state index contributed by atoms with van der Waals surface area (Å²) in [5.41, 5.74) is -1.29. The molecule has 6 atom stereocenters. The van der Waals surface area contributed by atoms with Gasteiger partial charge in [-0.25, -0.2) is 9.29 Å². The summed E-state index contributed by atoms with van der Waals surface area (Å²) in [7, 11) is 0. The number of rotatable bonds is 5. The number of anilines is 1. The van der Waals surface area contributed by atoms with Gasteiger partial charge in [0, 0.05) is 18.0 Å². The second kappa shape index (κ2) is 10.3. The average Bonchev–Trinajstić information content (AvgIpc) is 3.31. The van der Waals surface area contributed by atoms with Crippen LogP contribution in [0.15, 0.2) is 48.0 Å². The average molecular weight is 635 g/mol. The normalized spacial score (nSPS) is 29.9. The monoisotopic (exact) mass is 634 g/mol. The number of hydrogen-bond donors (Lipinski definition) is 1. The molecule has 2 aromatic carbocycles. The van der Waals surface area contributed by atoms with Crippen LogP contribution in [0.25, 0.3) is 0 Å². The predicted octanol–water partition coefficient (Wildman–Crippen LogP) is 5.72. The third-order valence-electron chi connectivity index (χ3n) is 9.52.